The Morgan fingerprint density at radius 2 is 1.79 bits per heavy atom. The number of nitrogens with zero attached hydrogens (tertiary/aromatic N) is 1. The van der Waals surface area contributed by atoms with E-state index in [0.717, 1.165) is 12.3 Å². The van der Waals surface area contributed by atoms with Gasteiger partial charge in [0.25, 0.3) is 0 Å². The minimum Gasteiger partial charge on any atom is -0.290 e. The van der Waals surface area contributed by atoms with E-state index in [-0.39, 0.29) is 0 Å². The summed E-state index contributed by atoms with van der Waals surface area (Å²) in [5.41, 5.74) is 3.70. The summed E-state index contributed by atoms with van der Waals surface area (Å²) in [7, 11) is 0. The molecule has 1 heteroatoms. The van der Waals surface area contributed by atoms with Gasteiger partial charge in [0.15, 0.2) is 0 Å². The van der Waals surface area contributed by atoms with Gasteiger partial charge >= 0.3 is 0 Å². The van der Waals surface area contributed by atoms with E-state index in [1.165, 1.54) is 11.1 Å². The van der Waals surface area contributed by atoms with Crippen molar-refractivity contribution < 1.29 is 0 Å². The summed E-state index contributed by atoms with van der Waals surface area (Å²) in [6.45, 7) is 11.1. The van der Waals surface area contributed by atoms with Crippen molar-refractivity contribution in [3.63, 3.8) is 0 Å². The summed E-state index contributed by atoms with van der Waals surface area (Å²) in [4.78, 5) is 4.37. The number of benzene rings is 1. The Morgan fingerprint density at radius 3 is 2.29 bits per heavy atom. The monoisotopic (exact) mass is 191 g/mol. The maximum absolute atomic E-state index is 4.37. The highest BCUT2D eigenvalue weighted by Crippen LogP contribution is 2.07. The summed E-state index contributed by atoms with van der Waals surface area (Å²) in [6, 6.07) is 8.34. The molecule has 0 spiro atoms. The van der Waals surface area contributed by atoms with Crippen molar-refractivity contribution in [2.75, 3.05) is 6.54 Å². The lowest BCUT2D eigenvalue weighted by Crippen LogP contribution is -1.97. The molecule has 0 amide bonds. The van der Waals surface area contributed by atoms with Gasteiger partial charge in [-0.05, 0) is 31.9 Å². The lowest BCUT2D eigenvalue weighted by molar-refractivity contribution is 1.12. The summed E-state index contributed by atoms with van der Waals surface area (Å²) in [5.74, 6) is 0. The van der Waals surface area contributed by atoms with Gasteiger partial charge in [0, 0.05) is 12.3 Å². The molecule has 0 radical (unpaired) electrons. The van der Waals surface area contributed by atoms with Gasteiger partial charge in [0.05, 0.1) is 0 Å². The van der Waals surface area contributed by atoms with Crippen molar-refractivity contribution in [3.8, 4) is 0 Å². The van der Waals surface area contributed by atoms with Gasteiger partial charge in [-0.1, -0.05) is 38.1 Å². The fourth-order valence-electron chi connectivity index (χ4n) is 1.30. The molecule has 1 nitrogen and oxygen atoms in total. The molecule has 0 aliphatic rings. The first-order valence-electron chi connectivity index (χ1n) is 5.32. The van der Waals surface area contributed by atoms with Gasteiger partial charge in [-0.3, -0.25) is 4.99 Å². The smallest absolute Gasteiger partial charge is 0.0392 e. The maximum Gasteiger partial charge on any atom is 0.0392 e. The molecular formula is C13H21N. The molecule has 0 saturated carbocycles. The van der Waals surface area contributed by atoms with Crippen LogP contribution in [0.3, 0.4) is 0 Å². The molecule has 0 saturated heterocycles. The second-order valence-electron chi connectivity index (χ2n) is 2.87. The molecule has 0 aliphatic carbocycles. The molecular weight excluding hydrogens is 170 g/mol. The van der Waals surface area contributed by atoms with Crippen molar-refractivity contribution in [1.29, 1.82) is 0 Å². The van der Waals surface area contributed by atoms with Gasteiger partial charge in [0.1, 0.15) is 0 Å². The highest BCUT2D eigenvalue weighted by atomic mass is 14.7. The molecule has 1 aromatic carbocycles. The minimum absolute atomic E-state index is 0.861. The van der Waals surface area contributed by atoms with Crippen molar-refractivity contribution in [2.24, 2.45) is 4.99 Å². The molecule has 0 fully saturated rings. The van der Waals surface area contributed by atoms with Crippen LogP contribution in [0.5, 0.6) is 0 Å². The van der Waals surface area contributed by atoms with Crippen molar-refractivity contribution in [2.45, 2.75) is 34.6 Å². The molecule has 0 N–H and O–H groups in total. The first kappa shape index (κ1) is 12.9. The maximum atomic E-state index is 4.37. The topological polar surface area (TPSA) is 12.4 Å². The first-order valence-corrected chi connectivity index (χ1v) is 5.32. The van der Waals surface area contributed by atoms with E-state index >= 15 is 0 Å². The zero-order chi connectivity index (χ0) is 11.0. The van der Waals surface area contributed by atoms with Crippen LogP contribution in [0.15, 0.2) is 29.3 Å². The van der Waals surface area contributed by atoms with Gasteiger partial charge in [-0.15, -0.1) is 0 Å². The third kappa shape index (κ3) is 3.73. The largest absolute Gasteiger partial charge is 0.290 e. The van der Waals surface area contributed by atoms with E-state index in [9.17, 15) is 0 Å². The summed E-state index contributed by atoms with van der Waals surface area (Å²) < 4.78 is 0. The second-order valence-corrected chi connectivity index (χ2v) is 2.87. The Bertz CT molecular complexity index is 287. The molecule has 14 heavy (non-hydrogen) atoms. The van der Waals surface area contributed by atoms with Crippen molar-refractivity contribution >= 4 is 5.71 Å². The Balaban J connectivity index is 0.000000791. The van der Waals surface area contributed by atoms with Crippen LogP contribution in [0.1, 0.15) is 38.8 Å². The molecule has 0 aromatic heterocycles. The van der Waals surface area contributed by atoms with Crippen LogP contribution >= 0.6 is 0 Å². The first-order chi connectivity index (χ1) is 6.75. The fraction of sp³-hybridized carbons (Fsp3) is 0.462. The van der Waals surface area contributed by atoms with Crippen LogP contribution in [-0.4, -0.2) is 12.3 Å². The van der Waals surface area contributed by atoms with E-state index in [1.807, 2.05) is 13.8 Å². The molecule has 1 aromatic rings. The van der Waals surface area contributed by atoms with Crippen LogP contribution in [0.2, 0.25) is 0 Å². The molecule has 0 unspecified atom stereocenters. The Kier molecular flexibility index (Phi) is 6.73. The minimum atomic E-state index is 0.861. The van der Waals surface area contributed by atoms with Gasteiger partial charge < -0.3 is 0 Å². The van der Waals surface area contributed by atoms with Gasteiger partial charge in [0.2, 0.25) is 0 Å². The third-order valence-corrected chi connectivity index (χ3v) is 1.93. The summed E-state index contributed by atoms with van der Waals surface area (Å²) in [6.07, 6.45) is 0. The average molecular weight is 191 g/mol. The van der Waals surface area contributed by atoms with Crippen LogP contribution in [0.4, 0.5) is 0 Å². The second kappa shape index (κ2) is 7.31. The Morgan fingerprint density at radius 1 is 1.21 bits per heavy atom. The average Bonchev–Trinajstić information content (AvgIpc) is 2.22. The number of rotatable bonds is 2. The highest BCUT2D eigenvalue weighted by molar-refractivity contribution is 5.99. The Hall–Kier alpha value is -1.11. The Labute approximate surface area is 87.9 Å². The van der Waals surface area contributed by atoms with E-state index < -0.39 is 0 Å². The zero-order valence-corrected chi connectivity index (χ0v) is 9.96. The molecule has 1 rings (SSSR count). The van der Waals surface area contributed by atoms with Gasteiger partial charge in [-0.25, -0.2) is 0 Å². The fourth-order valence-corrected chi connectivity index (χ4v) is 1.30. The molecule has 78 valence electrons. The number of aliphatic imine (C=N–C) groups is 1. The molecule has 0 aliphatic heterocycles. The number of hydrogen-bond donors (Lipinski definition) is 0. The number of aryl methyl sites for hydroxylation is 1. The van der Waals surface area contributed by atoms with E-state index in [4.69, 9.17) is 0 Å². The lowest BCUT2D eigenvalue weighted by Gasteiger charge is -2.03. The summed E-state index contributed by atoms with van der Waals surface area (Å²) >= 11 is 0. The van der Waals surface area contributed by atoms with Crippen molar-refractivity contribution in [3.05, 3.63) is 35.4 Å². The van der Waals surface area contributed by atoms with Crippen LogP contribution in [0.25, 0.3) is 0 Å². The van der Waals surface area contributed by atoms with E-state index in [0.29, 0.717) is 0 Å². The van der Waals surface area contributed by atoms with Crippen LogP contribution in [-0.2, 0) is 0 Å². The summed E-state index contributed by atoms with van der Waals surface area (Å²) in [5, 5.41) is 0. The normalized spacial score (nSPS) is 10.5. The molecule has 0 atom stereocenters. The standard InChI is InChI=1S/C11H15N.C2H6/c1-4-12-10(3)11-8-6-5-7-9(11)2;1-2/h5-8H,4H2,1-3H3;1-2H3. The van der Waals surface area contributed by atoms with Crippen molar-refractivity contribution in [1.82, 2.24) is 0 Å². The van der Waals surface area contributed by atoms with Gasteiger partial charge in [-0.2, -0.15) is 0 Å². The quantitative estimate of drug-likeness (QED) is 0.630. The van der Waals surface area contributed by atoms with E-state index in [2.05, 4.69) is 50.0 Å². The van der Waals surface area contributed by atoms with E-state index in [1.54, 1.807) is 0 Å². The lowest BCUT2D eigenvalue weighted by atomic mass is 10.1. The predicted octanol–water partition coefficient (Wildman–Crippen LogP) is 3.85. The zero-order valence-electron chi connectivity index (χ0n) is 9.96. The SMILES string of the molecule is CC.CCN=C(C)c1ccccc1C. The molecule has 0 bridgehead atoms. The van der Waals surface area contributed by atoms with Crippen LogP contribution in [0, 0.1) is 6.92 Å². The highest BCUT2D eigenvalue weighted by Gasteiger charge is 1.98. The van der Waals surface area contributed by atoms with Crippen LogP contribution < -0.4 is 0 Å². The third-order valence-electron chi connectivity index (χ3n) is 1.93. The predicted molar refractivity (Wildman–Crippen MR) is 65.3 cm³/mol. The number of hydrogen-bond acceptors (Lipinski definition) is 1. The molecule has 0 heterocycles.